The summed E-state index contributed by atoms with van der Waals surface area (Å²) < 4.78 is 6.37. The minimum atomic E-state index is 0.270. The molecule has 7 aromatic rings. The van der Waals surface area contributed by atoms with Crippen LogP contribution in [-0.2, 0) is 0 Å². The zero-order valence-corrected chi connectivity index (χ0v) is 28.2. The van der Waals surface area contributed by atoms with Crippen molar-refractivity contribution in [3.8, 4) is 11.1 Å². The first-order valence-corrected chi connectivity index (χ1v) is 17.9. The van der Waals surface area contributed by atoms with Crippen molar-refractivity contribution in [2.45, 2.75) is 24.8 Å². The molecule has 2 unspecified atom stereocenters. The number of anilines is 4. The van der Waals surface area contributed by atoms with Gasteiger partial charge in [-0.15, -0.1) is 0 Å². The number of furan rings is 1. The van der Waals surface area contributed by atoms with Crippen LogP contribution in [0.25, 0.3) is 38.6 Å². The molecule has 0 bridgehead atoms. The van der Waals surface area contributed by atoms with Crippen LogP contribution in [-0.4, -0.2) is 6.04 Å². The lowest BCUT2D eigenvalue weighted by Gasteiger charge is -2.32. The highest BCUT2D eigenvalue weighted by atomic mass is 16.3. The van der Waals surface area contributed by atoms with Crippen LogP contribution in [0, 0.1) is 0 Å². The molecule has 1 aromatic heterocycles. The molecule has 3 heteroatoms. The van der Waals surface area contributed by atoms with Gasteiger partial charge in [-0.25, -0.2) is 0 Å². The van der Waals surface area contributed by atoms with E-state index in [1.807, 2.05) is 12.1 Å². The van der Waals surface area contributed by atoms with E-state index in [-0.39, 0.29) is 6.04 Å². The number of allylic oxidation sites excluding steroid dienone is 6. The standard InChI is InChI=1S/C48H36N2O/c1-2-12-33(13-3-1)34-22-26-36(27-23-34)49(38-30-31-43-42-17-7-11-21-47(42)51-48(43)32-38)37-28-24-35(25-29-37)39-14-4-8-18-44(39)50-45-19-9-5-15-40(45)41-16-6-10-20-46(41)50/h1-24,26-28,30-32,40,45H,25,29H2. The zero-order chi connectivity index (χ0) is 33.7. The minimum absolute atomic E-state index is 0.270. The van der Waals surface area contributed by atoms with Crippen molar-refractivity contribution in [1.29, 1.82) is 0 Å². The lowest BCUT2D eigenvalue weighted by molar-refractivity contribution is 0.669. The Labute approximate surface area is 298 Å². The largest absolute Gasteiger partial charge is 0.456 e. The summed E-state index contributed by atoms with van der Waals surface area (Å²) in [5.41, 5.74) is 14.3. The van der Waals surface area contributed by atoms with Gasteiger partial charge in [-0.05, 0) is 83.6 Å². The summed E-state index contributed by atoms with van der Waals surface area (Å²) in [6.07, 6.45) is 15.6. The molecule has 0 amide bonds. The van der Waals surface area contributed by atoms with Gasteiger partial charge in [-0.2, -0.15) is 0 Å². The highest BCUT2D eigenvalue weighted by molar-refractivity contribution is 6.06. The van der Waals surface area contributed by atoms with Gasteiger partial charge in [0, 0.05) is 56.8 Å². The van der Waals surface area contributed by atoms with Crippen LogP contribution in [0.15, 0.2) is 192 Å². The summed E-state index contributed by atoms with van der Waals surface area (Å²) in [6, 6.07) is 52.6. The topological polar surface area (TPSA) is 19.6 Å². The molecule has 244 valence electrons. The smallest absolute Gasteiger partial charge is 0.137 e. The van der Waals surface area contributed by atoms with Crippen LogP contribution < -0.4 is 9.80 Å². The van der Waals surface area contributed by atoms with E-state index < -0.39 is 0 Å². The predicted molar refractivity (Wildman–Crippen MR) is 213 cm³/mol. The van der Waals surface area contributed by atoms with Crippen molar-refractivity contribution in [2.75, 3.05) is 9.80 Å². The number of hydrogen-bond acceptors (Lipinski definition) is 3. The summed E-state index contributed by atoms with van der Waals surface area (Å²) in [5, 5.41) is 2.28. The van der Waals surface area contributed by atoms with Crippen molar-refractivity contribution >= 4 is 50.3 Å². The second kappa shape index (κ2) is 12.2. The van der Waals surface area contributed by atoms with E-state index in [9.17, 15) is 0 Å². The molecule has 2 atom stereocenters. The normalized spacial score (nSPS) is 17.7. The van der Waals surface area contributed by atoms with E-state index in [2.05, 4.69) is 180 Å². The number of para-hydroxylation sites is 3. The molecular weight excluding hydrogens is 621 g/mol. The van der Waals surface area contributed by atoms with Gasteiger partial charge < -0.3 is 14.2 Å². The highest BCUT2D eigenvalue weighted by Crippen LogP contribution is 2.50. The van der Waals surface area contributed by atoms with E-state index >= 15 is 0 Å². The van der Waals surface area contributed by atoms with Gasteiger partial charge in [-0.1, -0.05) is 127 Å². The van der Waals surface area contributed by atoms with E-state index in [0.29, 0.717) is 5.92 Å². The van der Waals surface area contributed by atoms with E-state index in [1.54, 1.807) is 0 Å². The Bertz CT molecular complexity index is 2550. The Hall–Kier alpha value is -6.32. The Balaban J connectivity index is 1.06. The molecule has 0 saturated carbocycles. The first-order valence-electron chi connectivity index (χ1n) is 17.9. The molecule has 0 N–H and O–H groups in total. The molecule has 2 heterocycles. The molecule has 6 aromatic carbocycles. The molecule has 0 saturated heterocycles. The molecule has 0 fully saturated rings. The second-order valence-electron chi connectivity index (χ2n) is 13.6. The first kappa shape index (κ1) is 29.6. The van der Waals surface area contributed by atoms with E-state index in [1.165, 1.54) is 44.9 Å². The fourth-order valence-corrected chi connectivity index (χ4v) is 8.33. The van der Waals surface area contributed by atoms with Gasteiger partial charge in [0.05, 0.1) is 6.04 Å². The van der Waals surface area contributed by atoms with Crippen LogP contribution in [0.4, 0.5) is 22.7 Å². The van der Waals surface area contributed by atoms with Gasteiger partial charge in [-0.3, -0.25) is 0 Å². The number of hydrogen-bond donors (Lipinski definition) is 0. The van der Waals surface area contributed by atoms with Crippen molar-refractivity contribution < 1.29 is 4.42 Å². The maximum atomic E-state index is 6.37. The third kappa shape index (κ3) is 5.04. The fourth-order valence-electron chi connectivity index (χ4n) is 8.33. The van der Waals surface area contributed by atoms with Crippen molar-refractivity contribution in [1.82, 2.24) is 0 Å². The Morgan fingerprint density at radius 2 is 1.25 bits per heavy atom. The Kier molecular flexibility index (Phi) is 7.09. The number of nitrogens with zero attached hydrogens (tertiary/aromatic N) is 2. The minimum Gasteiger partial charge on any atom is -0.456 e. The van der Waals surface area contributed by atoms with Gasteiger partial charge in [0.2, 0.25) is 0 Å². The van der Waals surface area contributed by atoms with Crippen LogP contribution >= 0.6 is 0 Å². The molecule has 0 radical (unpaired) electrons. The summed E-state index contributed by atoms with van der Waals surface area (Å²) in [5.74, 6) is 0.358. The van der Waals surface area contributed by atoms with Crippen LogP contribution in [0.3, 0.4) is 0 Å². The summed E-state index contributed by atoms with van der Waals surface area (Å²) in [4.78, 5) is 4.96. The number of benzene rings is 6. The van der Waals surface area contributed by atoms with E-state index in [0.717, 1.165) is 46.2 Å². The number of fused-ring (bicyclic) bond motifs is 6. The average Bonchev–Trinajstić information content (AvgIpc) is 3.74. The third-order valence-corrected chi connectivity index (χ3v) is 10.7. The molecule has 0 spiro atoms. The van der Waals surface area contributed by atoms with Gasteiger partial charge in [0.25, 0.3) is 0 Å². The Morgan fingerprint density at radius 3 is 2.12 bits per heavy atom. The Morgan fingerprint density at radius 1 is 0.549 bits per heavy atom. The molecule has 1 aliphatic heterocycles. The monoisotopic (exact) mass is 656 g/mol. The molecule has 2 aliphatic carbocycles. The number of rotatable bonds is 6. The first-order chi connectivity index (χ1) is 25.3. The highest BCUT2D eigenvalue weighted by Gasteiger charge is 2.38. The van der Waals surface area contributed by atoms with Crippen LogP contribution in [0.2, 0.25) is 0 Å². The quantitative estimate of drug-likeness (QED) is 0.178. The lowest BCUT2D eigenvalue weighted by Crippen LogP contribution is -2.29. The average molecular weight is 657 g/mol. The molecule has 51 heavy (non-hydrogen) atoms. The second-order valence-corrected chi connectivity index (χ2v) is 13.6. The molecule has 3 nitrogen and oxygen atoms in total. The summed E-state index contributed by atoms with van der Waals surface area (Å²) in [6.45, 7) is 0. The van der Waals surface area contributed by atoms with Gasteiger partial charge in [0.15, 0.2) is 0 Å². The van der Waals surface area contributed by atoms with Gasteiger partial charge in [0.1, 0.15) is 11.2 Å². The zero-order valence-electron chi connectivity index (χ0n) is 28.2. The lowest BCUT2D eigenvalue weighted by atomic mass is 9.90. The fraction of sp³-hybridized carbons (Fsp3) is 0.0833. The van der Waals surface area contributed by atoms with Gasteiger partial charge >= 0.3 is 0 Å². The summed E-state index contributed by atoms with van der Waals surface area (Å²) >= 11 is 0. The third-order valence-electron chi connectivity index (χ3n) is 10.7. The summed E-state index contributed by atoms with van der Waals surface area (Å²) in [7, 11) is 0. The molecule has 10 rings (SSSR count). The predicted octanol–water partition coefficient (Wildman–Crippen LogP) is 12.9. The van der Waals surface area contributed by atoms with Crippen molar-refractivity contribution in [3.63, 3.8) is 0 Å². The molecular formula is C48H36N2O. The molecule has 3 aliphatic rings. The SMILES string of the molecule is C1=CC2c3ccccc3N(c3ccccc3C3=CC=C(N(c4ccc(-c5ccccc5)cc4)c4ccc5c(c4)oc4ccccc45)CC3)C2C=C1. The van der Waals surface area contributed by atoms with Crippen molar-refractivity contribution in [3.05, 3.63) is 199 Å². The van der Waals surface area contributed by atoms with E-state index in [4.69, 9.17) is 4.42 Å². The van der Waals surface area contributed by atoms with Crippen molar-refractivity contribution in [2.24, 2.45) is 0 Å². The maximum Gasteiger partial charge on any atom is 0.137 e. The van der Waals surface area contributed by atoms with Crippen LogP contribution in [0.1, 0.15) is 29.9 Å². The van der Waals surface area contributed by atoms with Crippen LogP contribution in [0.5, 0.6) is 0 Å². The maximum absolute atomic E-state index is 6.37.